The highest BCUT2D eigenvalue weighted by atomic mass is 32.2. The van der Waals surface area contributed by atoms with E-state index in [1.807, 2.05) is 30.3 Å². The number of halogens is 3. The first-order valence-corrected chi connectivity index (χ1v) is 14.6. The Balaban J connectivity index is 1.56. The number of thioether (sulfide) groups is 1. The zero-order valence-corrected chi connectivity index (χ0v) is 23.1. The minimum atomic E-state index is -4.90. The van der Waals surface area contributed by atoms with Crippen molar-refractivity contribution in [3.8, 4) is 5.75 Å². The fourth-order valence-electron chi connectivity index (χ4n) is 4.24. The summed E-state index contributed by atoms with van der Waals surface area (Å²) in [5.74, 6) is -0.589. The number of alkyl halides is 3. The lowest BCUT2D eigenvalue weighted by atomic mass is 10.1. The number of carbonyl (C=O) groups is 1. The molecule has 0 aliphatic carbocycles. The molecule has 206 valence electrons. The van der Waals surface area contributed by atoms with Crippen LogP contribution in [0.4, 0.5) is 18.9 Å². The molecule has 0 spiro atoms. The van der Waals surface area contributed by atoms with E-state index in [1.54, 1.807) is 18.2 Å². The number of allylic oxidation sites excluding steroid dienone is 1. The summed E-state index contributed by atoms with van der Waals surface area (Å²) in [7, 11) is -4.33. The Hall–Kier alpha value is -3.44. The first-order valence-electron chi connectivity index (χ1n) is 12.1. The molecule has 3 aromatic carbocycles. The van der Waals surface area contributed by atoms with Crippen molar-refractivity contribution < 1.29 is 31.1 Å². The fourth-order valence-corrected chi connectivity index (χ4v) is 6.54. The molecule has 39 heavy (non-hydrogen) atoms. The van der Waals surface area contributed by atoms with Crippen molar-refractivity contribution in [1.82, 2.24) is 4.72 Å². The smallest absolute Gasteiger partial charge is 0.406 e. The monoisotopic (exact) mass is 576 g/mol. The van der Waals surface area contributed by atoms with Crippen LogP contribution in [0.2, 0.25) is 0 Å². The highest BCUT2D eigenvalue weighted by molar-refractivity contribution is 8.00. The molecule has 11 heteroatoms. The van der Waals surface area contributed by atoms with Gasteiger partial charge in [0.25, 0.3) is 15.9 Å². The quantitative estimate of drug-likeness (QED) is 0.331. The van der Waals surface area contributed by atoms with Gasteiger partial charge in [0.2, 0.25) is 0 Å². The maximum Gasteiger partial charge on any atom is 0.573 e. The molecule has 1 amide bonds. The lowest BCUT2D eigenvalue weighted by molar-refractivity contribution is -0.274. The van der Waals surface area contributed by atoms with Gasteiger partial charge in [-0.3, -0.25) is 4.79 Å². The number of anilines is 1. The number of hydrogen-bond donors (Lipinski definition) is 1. The van der Waals surface area contributed by atoms with Crippen LogP contribution in [0.5, 0.6) is 5.75 Å². The van der Waals surface area contributed by atoms with E-state index in [4.69, 9.17) is 0 Å². The number of benzene rings is 3. The molecule has 1 fully saturated rings. The average Bonchev–Trinajstić information content (AvgIpc) is 3.27. The number of ether oxygens (including phenoxy) is 1. The van der Waals surface area contributed by atoms with E-state index in [9.17, 15) is 26.4 Å². The molecule has 1 atom stereocenters. The summed E-state index contributed by atoms with van der Waals surface area (Å²) in [6.07, 6.45) is -1.85. The molecule has 0 radical (unpaired) electrons. The summed E-state index contributed by atoms with van der Waals surface area (Å²) in [4.78, 5) is 14.7. The van der Waals surface area contributed by atoms with Crippen LogP contribution < -0.4 is 14.4 Å². The molecule has 1 unspecified atom stereocenters. The van der Waals surface area contributed by atoms with E-state index < -0.39 is 28.0 Å². The largest absolute Gasteiger partial charge is 0.573 e. The maximum atomic E-state index is 12.9. The first kappa shape index (κ1) is 28.6. The van der Waals surface area contributed by atoms with Crippen molar-refractivity contribution in [2.75, 3.05) is 10.7 Å². The topological polar surface area (TPSA) is 75.7 Å². The summed E-state index contributed by atoms with van der Waals surface area (Å²) >= 11 is 1.81. The second-order valence-corrected chi connectivity index (χ2v) is 11.8. The SMILES string of the molecule is CC/C=C1/CSC(c2ccc(C)cc2)N1c1ccc(C(=O)NS(=O)(=O)c2ccc(OC(F)(F)F)cc2)cc1C. The first-order chi connectivity index (χ1) is 18.4. The molecule has 1 aliphatic rings. The number of carbonyl (C=O) groups excluding carboxylic acids is 1. The van der Waals surface area contributed by atoms with Gasteiger partial charge < -0.3 is 9.64 Å². The summed E-state index contributed by atoms with van der Waals surface area (Å²) in [5.41, 5.74) is 5.32. The molecular weight excluding hydrogens is 549 g/mol. The zero-order valence-electron chi connectivity index (χ0n) is 21.5. The molecule has 1 heterocycles. The van der Waals surface area contributed by atoms with E-state index in [0.29, 0.717) is 0 Å². The van der Waals surface area contributed by atoms with Crippen molar-refractivity contribution >= 4 is 33.4 Å². The van der Waals surface area contributed by atoms with Crippen LogP contribution in [0.1, 0.15) is 45.8 Å². The van der Waals surface area contributed by atoms with Crippen LogP contribution in [0.3, 0.4) is 0 Å². The van der Waals surface area contributed by atoms with Crippen LogP contribution in [0, 0.1) is 13.8 Å². The predicted molar refractivity (Wildman–Crippen MR) is 146 cm³/mol. The third-order valence-electron chi connectivity index (χ3n) is 6.05. The minimum absolute atomic E-state index is 0.0476. The normalized spacial score (nSPS) is 16.9. The van der Waals surface area contributed by atoms with Gasteiger partial charge in [0.15, 0.2) is 0 Å². The van der Waals surface area contributed by atoms with Gasteiger partial charge >= 0.3 is 6.36 Å². The van der Waals surface area contributed by atoms with Crippen LogP contribution in [0.15, 0.2) is 83.4 Å². The van der Waals surface area contributed by atoms with Crippen LogP contribution in [-0.2, 0) is 10.0 Å². The predicted octanol–water partition coefficient (Wildman–Crippen LogP) is 6.87. The van der Waals surface area contributed by atoms with Gasteiger partial charge in [-0.25, -0.2) is 13.1 Å². The number of rotatable bonds is 7. The van der Waals surface area contributed by atoms with Gasteiger partial charge in [-0.1, -0.05) is 42.8 Å². The van der Waals surface area contributed by atoms with Crippen LogP contribution in [0.25, 0.3) is 0 Å². The second-order valence-electron chi connectivity index (χ2n) is 9.00. The van der Waals surface area contributed by atoms with Crippen LogP contribution in [-0.4, -0.2) is 26.4 Å². The molecule has 4 rings (SSSR count). The summed E-state index contributed by atoms with van der Waals surface area (Å²) in [5, 5.41) is 0.0476. The van der Waals surface area contributed by atoms with Crippen molar-refractivity contribution in [2.24, 2.45) is 0 Å². The van der Waals surface area contributed by atoms with E-state index in [-0.39, 0.29) is 15.8 Å². The lowest BCUT2D eigenvalue weighted by Gasteiger charge is -2.29. The Labute approximate surface area is 229 Å². The molecule has 3 aromatic rings. The second kappa shape index (κ2) is 11.4. The highest BCUT2D eigenvalue weighted by Crippen LogP contribution is 2.47. The highest BCUT2D eigenvalue weighted by Gasteiger charge is 2.33. The Morgan fingerprint density at radius 1 is 1.08 bits per heavy atom. The van der Waals surface area contributed by atoms with E-state index in [2.05, 4.69) is 46.9 Å². The molecule has 1 saturated heterocycles. The molecule has 0 bridgehead atoms. The number of amides is 1. The number of aryl methyl sites for hydroxylation is 2. The minimum Gasteiger partial charge on any atom is -0.406 e. The number of nitrogens with one attached hydrogen (secondary N) is 1. The Morgan fingerprint density at radius 3 is 2.33 bits per heavy atom. The van der Waals surface area contributed by atoms with Crippen molar-refractivity contribution in [3.63, 3.8) is 0 Å². The molecule has 6 nitrogen and oxygen atoms in total. The molecular formula is C28H27F3N2O4S2. The Bertz CT molecular complexity index is 1490. The number of sulfonamides is 1. The third kappa shape index (κ3) is 6.77. The molecule has 0 saturated carbocycles. The van der Waals surface area contributed by atoms with Crippen molar-refractivity contribution in [3.05, 3.63) is 101 Å². The van der Waals surface area contributed by atoms with Crippen molar-refractivity contribution in [1.29, 1.82) is 0 Å². The summed E-state index contributed by atoms with van der Waals surface area (Å²) < 4.78 is 68.3. The fraction of sp³-hybridized carbons (Fsp3) is 0.250. The Morgan fingerprint density at radius 2 is 1.74 bits per heavy atom. The van der Waals surface area contributed by atoms with E-state index >= 15 is 0 Å². The van der Waals surface area contributed by atoms with Gasteiger partial charge in [0, 0.05) is 22.7 Å². The average molecular weight is 577 g/mol. The van der Waals surface area contributed by atoms with Gasteiger partial charge in [-0.2, -0.15) is 0 Å². The summed E-state index contributed by atoms with van der Waals surface area (Å²) in [6.45, 7) is 5.97. The molecule has 0 aromatic heterocycles. The number of nitrogens with zero attached hydrogens (tertiary/aromatic N) is 1. The van der Waals surface area contributed by atoms with Gasteiger partial charge in [-0.05, 0) is 73.9 Å². The number of hydrogen-bond acceptors (Lipinski definition) is 6. The Kier molecular flexibility index (Phi) is 8.31. The summed E-state index contributed by atoms with van der Waals surface area (Å²) in [6, 6.07) is 17.0. The standard InChI is InChI=1S/C28H27F3N2O4S2/c1-4-5-22-17-38-27(20-8-6-18(2)7-9-20)33(22)25-15-10-21(16-19(25)3)26(34)32-39(35,36)24-13-11-23(12-14-24)37-28(29,30)31/h5-16,27H,4,17H2,1-3H3,(H,32,34)/b22-5-. The van der Waals surface area contributed by atoms with E-state index in [1.165, 1.54) is 5.56 Å². The lowest BCUT2D eigenvalue weighted by Crippen LogP contribution is -2.30. The third-order valence-corrected chi connectivity index (χ3v) is 8.66. The zero-order chi connectivity index (χ0) is 28.4. The molecule has 1 N–H and O–H groups in total. The maximum absolute atomic E-state index is 12.9. The van der Waals surface area contributed by atoms with Gasteiger partial charge in [-0.15, -0.1) is 24.9 Å². The molecule has 1 aliphatic heterocycles. The van der Waals surface area contributed by atoms with Crippen LogP contribution >= 0.6 is 11.8 Å². The van der Waals surface area contributed by atoms with Crippen molar-refractivity contribution in [2.45, 2.75) is 43.8 Å². The van der Waals surface area contributed by atoms with E-state index in [0.717, 1.165) is 59.0 Å². The van der Waals surface area contributed by atoms with Gasteiger partial charge in [0.05, 0.1) is 4.90 Å². The van der Waals surface area contributed by atoms with Gasteiger partial charge in [0.1, 0.15) is 11.1 Å².